The molecule has 0 bridgehead atoms. The van der Waals surface area contributed by atoms with Crippen molar-refractivity contribution >= 4 is 11.3 Å². The van der Waals surface area contributed by atoms with Gasteiger partial charge in [0.1, 0.15) is 5.52 Å². The molecule has 3 rings (SSSR count). The smallest absolute Gasteiger partial charge is 0.152 e. The van der Waals surface area contributed by atoms with E-state index in [1.807, 2.05) is 16.8 Å². The summed E-state index contributed by atoms with van der Waals surface area (Å²) in [7, 11) is 0. The molecule has 2 aromatic heterocycles. The lowest BCUT2D eigenvalue weighted by Crippen LogP contribution is -2.31. The van der Waals surface area contributed by atoms with Crippen molar-refractivity contribution in [1.29, 1.82) is 0 Å². The van der Waals surface area contributed by atoms with Gasteiger partial charge < -0.3 is 10.1 Å². The molecule has 96 valence electrons. The zero-order valence-corrected chi connectivity index (χ0v) is 10.5. The number of hydrogen-bond donors (Lipinski definition) is 1. The van der Waals surface area contributed by atoms with Gasteiger partial charge in [-0.15, -0.1) is 0 Å². The van der Waals surface area contributed by atoms with Crippen LogP contribution in [0.15, 0.2) is 24.7 Å². The zero-order valence-electron chi connectivity index (χ0n) is 10.5. The Morgan fingerprint density at radius 1 is 1.39 bits per heavy atom. The van der Waals surface area contributed by atoms with Gasteiger partial charge in [-0.2, -0.15) is 5.10 Å². The monoisotopic (exact) mass is 246 g/mol. The highest BCUT2D eigenvalue weighted by atomic mass is 16.5. The Labute approximate surface area is 106 Å². The second-order valence-corrected chi connectivity index (χ2v) is 4.82. The fraction of sp³-hybridized carbons (Fsp3) is 0.538. The predicted octanol–water partition coefficient (Wildman–Crippen LogP) is 1.96. The summed E-state index contributed by atoms with van der Waals surface area (Å²) in [5.41, 5.74) is 1.02. The van der Waals surface area contributed by atoms with Crippen LogP contribution in [-0.4, -0.2) is 33.9 Å². The molecule has 2 aromatic rings. The standard InChI is InChI=1S/C13H18N4O/c1-10(11-3-8-18-9-4-11)16-13-12-2-5-15-17(12)7-6-14-13/h2,5-7,10-11H,3-4,8-9H2,1H3,(H,14,16). The first-order valence-electron chi connectivity index (χ1n) is 6.47. The maximum atomic E-state index is 5.40. The number of anilines is 1. The summed E-state index contributed by atoms with van der Waals surface area (Å²) in [5, 5.41) is 7.73. The summed E-state index contributed by atoms with van der Waals surface area (Å²) in [5.74, 6) is 1.57. The number of nitrogens with zero attached hydrogens (tertiary/aromatic N) is 3. The van der Waals surface area contributed by atoms with Crippen molar-refractivity contribution in [3.05, 3.63) is 24.7 Å². The third kappa shape index (κ3) is 2.18. The van der Waals surface area contributed by atoms with Crippen LogP contribution in [-0.2, 0) is 4.74 Å². The van der Waals surface area contributed by atoms with Crippen LogP contribution in [0.1, 0.15) is 19.8 Å². The summed E-state index contributed by atoms with van der Waals surface area (Å²) in [4.78, 5) is 4.41. The molecule has 18 heavy (non-hydrogen) atoms. The number of hydrogen-bond acceptors (Lipinski definition) is 4. The minimum atomic E-state index is 0.405. The maximum Gasteiger partial charge on any atom is 0.152 e. The quantitative estimate of drug-likeness (QED) is 0.899. The van der Waals surface area contributed by atoms with Gasteiger partial charge in [0.2, 0.25) is 0 Å². The third-order valence-corrected chi connectivity index (χ3v) is 3.66. The number of ether oxygens (including phenoxy) is 1. The van der Waals surface area contributed by atoms with E-state index in [0.717, 1.165) is 37.4 Å². The van der Waals surface area contributed by atoms with Crippen molar-refractivity contribution in [3.8, 4) is 0 Å². The van der Waals surface area contributed by atoms with E-state index in [1.165, 1.54) is 0 Å². The van der Waals surface area contributed by atoms with Crippen molar-refractivity contribution in [3.63, 3.8) is 0 Å². The van der Waals surface area contributed by atoms with E-state index in [4.69, 9.17) is 4.74 Å². The molecule has 0 radical (unpaired) electrons. The van der Waals surface area contributed by atoms with E-state index >= 15 is 0 Å². The molecular weight excluding hydrogens is 228 g/mol. The third-order valence-electron chi connectivity index (χ3n) is 3.66. The number of nitrogens with one attached hydrogen (secondary N) is 1. The van der Waals surface area contributed by atoms with Crippen molar-refractivity contribution in [2.75, 3.05) is 18.5 Å². The number of fused-ring (bicyclic) bond motifs is 1. The van der Waals surface area contributed by atoms with Crippen molar-refractivity contribution in [2.24, 2.45) is 5.92 Å². The highest BCUT2D eigenvalue weighted by molar-refractivity contribution is 5.67. The second kappa shape index (κ2) is 4.94. The first-order valence-corrected chi connectivity index (χ1v) is 6.47. The molecule has 1 aliphatic heterocycles. The van der Waals surface area contributed by atoms with Crippen LogP contribution in [0.25, 0.3) is 5.52 Å². The summed E-state index contributed by atoms with van der Waals surface area (Å²) < 4.78 is 7.24. The van der Waals surface area contributed by atoms with Gasteiger partial charge >= 0.3 is 0 Å². The molecule has 0 aromatic carbocycles. The highest BCUT2D eigenvalue weighted by Crippen LogP contribution is 2.22. The van der Waals surface area contributed by atoms with E-state index in [9.17, 15) is 0 Å². The first-order chi connectivity index (χ1) is 8.84. The SMILES string of the molecule is CC(Nc1nccn2nccc12)C1CCOCC1. The Balaban J connectivity index is 1.77. The van der Waals surface area contributed by atoms with E-state index in [0.29, 0.717) is 12.0 Å². The lowest BCUT2D eigenvalue weighted by Gasteiger charge is -2.28. The van der Waals surface area contributed by atoms with Gasteiger partial charge in [0, 0.05) is 31.6 Å². The van der Waals surface area contributed by atoms with Crippen LogP contribution in [0, 0.1) is 5.92 Å². The molecule has 1 unspecified atom stereocenters. The van der Waals surface area contributed by atoms with Crippen molar-refractivity contribution in [2.45, 2.75) is 25.8 Å². The van der Waals surface area contributed by atoms with E-state index in [2.05, 4.69) is 22.3 Å². The van der Waals surface area contributed by atoms with Crippen molar-refractivity contribution in [1.82, 2.24) is 14.6 Å². The molecule has 3 heterocycles. The normalized spacial score (nSPS) is 18.9. The maximum absolute atomic E-state index is 5.40. The molecule has 1 saturated heterocycles. The van der Waals surface area contributed by atoms with Gasteiger partial charge in [-0.1, -0.05) is 0 Å². The lowest BCUT2D eigenvalue weighted by molar-refractivity contribution is 0.0622. The average molecular weight is 246 g/mol. The van der Waals surface area contributed by atoms with Crippen LogP contribution < -0.4 is 5.32 Å². The molecule has 1 fully saturated rings. The van der Waals surface area contributed by atoms with Crippen LogP contribution >= 0.6 is 0 Å². The largest absolute Gasteiger partial charge is 0.381 e. The fourth-order valence-electron chi connectivity index (χ4n) is 2.52. The first kappa shape index (κ1) is 11.5. The van der Waals surface area contributed by atoms with Gasteiger partial charge in [-0.25, -0.2) is 9.50 Å². The van der Waals surface area contributed by atoms with Gasteiger partial charge in [0.05, 0.1) is 6.20 Å². The van der Waals surface area contributed by atoms with E-state index < -0.39 is 0 Å². The molecule has 1 N–H and O–H groups in total. The summed E-state index contributed by atoms with van der Waals surface area (Å²) in [6, 6.07) is 2.38. The van der Waals surface area contributed by atoms with E-state index in [1.54, 1.807) is 12.4 Å². The predicted molar refractivity (Wildman–Crippen MR) is 69.6 cm³/mol. The van der Waals surface area contributed by atoms with Crippen LogP contribution in [0.5, 0.6) is 0 Å². The Bertz CT molecular complexity index is 518. The number of aromatic nitrogens is 3. The van der Waals surface area contributed by atoms with Gasteiger partial charge in [-0.3, -0.25) is 0 Å². The second-order valence-electron chi connectivity index (χ2n) is 4.82. The average Bonchev–Trinajstić information content (AvgIpc) is 2.89. The molecule has 1 atom stereocenters. The lowest BCUT2D eigenvalue weighted by atomic mass is 9.93. The fourth-order valence-corrected chi connectivity index (χ4v) is 2.52. The molecule has 0 aliphatic carbocycles. The Hall–Kier alpha value is -1.62. The Kier molecular flexibility index (Phi) is 3.15. The van der Waals surface area contributed by atoms with Gasteiger partial charge in [0.15, 0.2) is 5.82 Å². The highest BCUT2D eigenvalue weighted by Gasteiger charge is 2.21. The molecule has 0 spiro atoms. The molecule has 1 aliphatic rings. The van der Waals surface area contributed by atoms with Crippen LogP contribution in [0.4, 0.5) is 5.82 Å². The zero-order chi connectivity index (χ0) is 12.4. The number of rotatable bonds is 3. The molecule has 5 heteroatoms. The summed E-state index contributed by atoms with van der Waals surface area (Å²) in [6.07, 6.45) is 7.67. The minimum Gasteiger partial charge on any atom is -0.381 e. The Morgan fingerprint density at radius 2 is 2.22 bits per heavy atom. The minimum absolute atomic E-state index is 0.405. The van der Waals surface area contributed by atoms with Crippen LogP contribution in [0.2, 0.25) is 0 Å². The van der Waals surface area contributed by atoms with Gasteiger partial charge in [-0.05, 0) is 31.7 Å². The molecule has 0 saturated carbocycles. The molecule has 0 amide bonds. The summed E-state index contributed by atoms with van der Waals surface area (Å²) in [6.45, 7) is 3.97. The molecule has 5 nitrogen and oxygen atoms in total. The van der Waals surface area contributed by atoms with E-state index in [-0.39, 0.29) is 0 Å². The molecular formula is C13H18N4O. The van der Waals surface area contributed by atoms with Crippen molar-refractivity contribution < 1.29 is 4.74 Å². The van der Waals surface area contributed by atoms with Crippen LogP contribution in [0.3, 0.4) is 0 Å². The summed E-state index contributed by atoms with van der Waals surface area (Å²) >= 11 is 0. The topological polar surface area (TPSA) is 51.5 Å². The Morgan fingerprint density at radius 3 is 3.06 bits per heavy atom. The van der Waals surface area contributed by atoms with Gasteiger partial charge in [0.25, 0.3) is 0 Å².